The molecule has 1 atom stereocenters. The predicted molar refractivity (Wildman–Crippen MR) is 81.0 cm³/mol. The molecule has 1 aliphatic carbocycles. The van der Waals surface area contributed by atoms with Gasteiger partial charge in [-0.2, -0.15) is 0 Å². The minimum absolute atomic E-state index is 0.0980. The van der Waals surface area contributed by atoms with Crippen LogP contribution in [-0.4, -0.2) is 11.0 Å². The van der Waals surface area contributed by atoms with Gasteiger partial charge in [-0.25, -0.2) is 0 Å². The van der Waals surface area contributed by atoms with Crippen LogP contribution < -0.4 is 5.32 Å². The van der Waals surface area contributed by atoms with Crippen molar-refractivity contribution in [2.45, 2.75) is 51.6 Å². The van der Waals surface area contributed by atoms with E-state index in [0.717, 1.165) is 0 Å². The van der Waals surface area contributed by atoms with Gasteiger partial charge in [0.15, 0.2) is 0 Å². The fourth-order valence-corrected chi connectivity index (χ4v) is 3.19. The first-order chi connectivity index (χ1) is 9.59. The molecule has 110 valence electrons. The normalized spacial score (nSPS) is 17.9. The van der Waals surface area contributed by atoms with E-state index in [1.165, 1.54) is 38.2 Å². The molecular formula is C15H21ClN2O2. The van der Waals surface area contributed by atoms with Crippen molar-refractivity contribution < 1.29 is 4.92 Å². The van der Waals surface area contributed by atoms with Gasteiger partial charge in [0.1, 0.15) is 0 Å². The Morgan fingerprint density at radius 1 is 1.40 bits per heavy atom. The van der Waals surface area contributed by atoms with Crippen molar-refractivity contribution in [1.82, 2.24) is 5.32 Å². The molecule has 5 heteroatoms. The average molecular weight is 297 g/mol. The summed E-state index contributed by atoms with van der Waals surface area (Å²) in [5, 5.41) is 14.9. The molecule has 2 rings (SSSR count). The maximum Gasteiger partial charge on any atom is 0.275 e. The Morgan fingerprint density at radius 2 is 2.10 bits per heavy atom. The van der Waals surface area contributed by atoms with E-state index in [0.29, 0.717) is 29.1 Å². The highest BCUT2D eigenvalue weighted by atomic mass is 35.5. The molecule has 1 aromatic carbocycles. The third-order valence-electron chi connectivity index (χ3n) is 4.25. The van der Waals surface area contributed by atoms with E-state index in [2.05, 4.69) is 12.2 Å². The van der Waals surface area contributed by atoms with E-state index >= 15 is 0 Å². The van der Waals surface area contributed by atoms with Crippen LogP contribution in [0.4, 0.5) is 5.69 Å². The second-order valence-corrected chi connectivity index (χ2v) is 5.97. The Bertz CT molecular complexity index is 473. The van der Waals surface area contributed by atoms with Gasteiger partial charge in [0.05, 0.1) is 15.5 Å². The minimum Gasteiger partial charge on any atom is -0.310 e. The summed E-state index contributed by atoms with van der Waals surface area (Å²) in [5.74, 6) is 0.672. The molecule has 0 saturated heterocycles. The smallest absolute Gasteiger partial charge is 0.275 e. The Balaban J connectivity index is 2.01. The zero-order valence-electron chi connectivity index (χ0n) is 11.8. The molecule has 1 fully saturated rings. The van der Waals surface area contributed by atoms with E-state index < -0.39 is 0 Å². The van der Waals surface area contributed by atoms with Crippen LogP contribution in [0.15, 0.2) is 18.2 Å². The van der Waals surface area contributed by atoms with E-state index in [4.69, 9.17) is 11.6 Å². The van der Waals surface area contributed by atoms with Crippen molar-refractivity contribution in [1.29, 1.82) is 0 Å². The fourth-order valence-electron chi connectivity index (χ4n) is 2.96. The topological polar surface area (TPSA) is 55.2 Å². The van der Waals surface area contributed by atoms with Crippen molar-refractivity contribution in [2.24, 2.45) is 5.92 Å². The number of halogens is 1. The molecule has 0 unspecified atom stereocenters. The Morgan fingerprint density at radius 3 is 2.75 bits per heavy atom. The number of nitro benzene ring substituents is 1. The lowest BCUT2D eigenvalue weighted by molar-refractivity contribution is -0.385. The summed E-state index contributed by atoms with van der Waals surface area (Å²) in [4.78, 5) is 10.7. The van der Waals surface area contributed by atoms with Crippen LogP contribution in [-0.2, 0) is 6.54 Å². The van der Waals surface area contributed by atoms with Crippen LogP contribution >= 0.6 is 11.6 Å². The minimum atomic E-state index is -0.367. The Hall–Kier alpha value is -1.13. The van der Waals surface area contributed by atoms with Gasteiger partial charge in [-0.05, 0) is 31.7 Å². The largest absolute Gasteiger partial charge is 0.310 e. The highest BCUT2D eigenvalue weighted by Crippen LogP contribution is 2.28. The number of rotatable bonds is 5. The van der Waals surface area contributed by atoms with Gasteiger partial charge >= 0.3 is 0 Å². The van der Waals surface area contributed by atoms with Crippen LogP contribution in [0.3, 0.4) is 0 Å². The van der Waals surface area contributed by atoms with Crippen LogP contribution in [0.5, 0.6) is 0 Å². The van der Waals surface area contributed by atoms with Gasteiger partial charge in [-0.1, -0.05) is 36.9 Å². The van der Waals surface area contributed by atoms with E-state index in [1.54, 1.807) is 12.1 Å². The van der Waals surface area contributed by atoms with E-state index in [-0.39, 0.29) is 10.6 Å². The molecule has 0 aliphatic heterocycles. The first-order valence-electron chi connectivity index (χ1n) is 7.24. The molecule has 0 bridgehead atoms. The van der Waals surface area contributed by atoms with E-state index in [9.17, 15) is 10.1 Å². The van der Waals surface area contributed by atoms with Gasteiger partial charge in [0.25, 0.3) is 5.69 Å². The molecule has 0 aromatic heterocycles. The van der Waals surface area contributed by atoms with Crippen LogP contribution in [0.2, 0.25) is 5.02 Å². The summed E-state index contributed by atoms with van der Waals surface area (Å²) in [6, 6.07) is 5.20. The zero-order valence-corrected chi connectivity index (χ0v) is 12.5. The lowest BCUT2D eigenvalue weighted by Gasteiger charge is -2.28. The van der Waals surface area contributed by atoms with Crippen molar-refractivity contribution >= 4 is 17.3 Å². The molecule has 4 nitrogen and oxygen atoms in total. The second-order valence-electron chi connectivity index (χ2n) is 5.56. The highest BCUT2D eigenvalue weighted by molar-refractivity contribution is 6.31. The van der Waals surface area contributed by atoms with Crippen molar-refractivity contribution in [2.75, 3.05) is 0 Å². The number of nitrogens with zero attached hydrogens (tertiary/aromatic N) is 1. The van der Waals surface area contributed by atoms with Crippen LogP contribution in [0.25, 0.3) is 0 Å². The molecule has 1 aromatic rings. The summed E-state index contributed by atoms with van der Waals surface area (Å²) < 4.78 is 0. The lowest BCUT2D eigenvalue weighted by atomic mass is 9.84. The second kappa shape index (κ2) is 7.04. The van der Waals surface area contributed by atoms with Gasteiger partial charge in [0, 0.05) is 18.7 Å². The maximum absolute atomic E-state index is 11.0. The lowest BCUT2D eigenvalue weighted by Crippen LogP contribution is -2.34. The quantitative estimate of drug-likeness (QED) is 0.651. The first kappa shape index (κ1) is 15.3. The fraction of sp³-hybridized carbons (Fsp3) is 0.600. The molecule has 1 aliphatic rings. The number of hydrogen-bond donors (Lipinski definition) is 1. The molecule has 0 amide bonds. The number of nitro groups is 1. The Labute approximate surface area is 124 Å². The molecule has 1 N–H and O–H groups in total. The van der Waals surface area contributed by atoms with Crippen molar-refractivity contribution in [3.05, 3.63) is 38.9 Å². The zero-order chi connectivity index (χ0) is 14.5. The van der Waals surface area contributed by atoms with Crippen molar-refractivity contribution in [3.8, 4) is 0 Å². The molecular weight excluding hydrogens is 276 g/mol. The van der Waals surface area contributed by atoms with E-state index in [1.807, 2.05) is 0 Å². The third kappa shape index (κ3) is 3.70. The van der Waals surface area contributed by atoms with Gasteiger partial charge < -0.3 is 5.32 Å². The van der Waals surface area contributed by atoms with Gasteiger partial charge in [-0.15, -0.1) is 0 Å². The standard InChI is InChI=1S/C15H21ClN2O2/c1-11(12-6-3-2-4-7-12)17-10-13-14(16)8-5-9-15(13)18(19)20/h5,8-9,11-12,17H,2-4,6-7,10H2,1H3/t11-/m0/s1. The summed E-state index contributed by atoms with van der Waals surface area (Å²) >= 11 is 6.10. The molecule has 0 heterocycles. The van der Waals surface area contributed by atoms with Crippen LogP contribution in [0.1, 0.15) is 44.6 Å². The summed E-state index contributed by atoms with van der Waals surface area (Å²) in [6.45, 7) is 2.62. The summed E-state index contributed by atoms with van der Waals surface area (Å²) in [6.07, 6.45) is 6.42. The summed E-state index contributed by atoms with van der Waals surface area (Å²) in [5.41, 5.74) is 0.683. The molecule has 20 heavy (non-hydrogen) atoms. The molecule has 0 radical (unpaired) electrons. The number of nitrogens with one attached hydrogen (secondary N) is 1. The molecule has 1 saturated carbocycles. The predicted octanol–water partition coefficient (Wildman–Crippen LogP) is 4.31. The number of hydrogen-bond acceptors (Lipinski definition) is 3. The maximum atomic E-state index is 11.0. The number of benzene rings is 1. The average Bonchev–Trinajstić information content (AvgIpc) is 2.46. The highest BCUT2D eigenvalue weighted by Gasteiger charge is 2.22. The summed E-state index contributed by atoms with van der Waals surface area (Å²) in [7, 11) is 0. The molecule has 0 spiro atoms. The third-order valence-corrected chi connectivity index (χ3v) is 4.60. The monoisotopic (exact) mass is 296 g/mol. The van der Waals surface area contributed by atoms with Crippen molar-refractivity contribution in [3.63, 3.8) is 0 Å². The van der Waals surface area contributed by atoms with Gasteiger partial charge in [-0.3, -0.25) is 10.1 Å². The van der Waals surface area contributed by atoms with Crippen LogP contribution in [0, 0.1) is 16.0 Å². The van der Waals surface area contributed by atoms with Gasteiger partial charge in [0.2, 0.25) is 0 Å². The Kier molecular flexibility index (Phi) is 5.38. The first-order valence-corrected chi connectivity index (χ1v) is 7.62. The SMILES string of the molecule is C[C@H](NCc1c(Cl)cccc1[N+](=O)[O-])C1CCCCC1.